The molecule has 0 aliphatic rings. The lowest BCUT2D eigenvalue weighted by molar-refractivity contribution is -0.630. The third-order valence-electron chi connectivity index (χ3n) is 0.874. The molecule has 0 amide bonds. The molecule has 2 N–H and O–H groups in total. The number of quaternary nitrogens is 1. The molecule has 0 radical (unpaired) electrons. The van der Waals surface area contributed by atoms with E-state index in [1.54, 1.807) is 0 Å². The van der Waals surface area contributed by atoms with Gasteiger partial charge in [-0.1, -0.05) is 5.92 Å². The fraction of sp³-hybridized carbons (Fsp3) is 0.667. The Morgan fingerprint density at radius 1 is 1.86 bits per heavy atom. The molecule has 0 fully saturated rings. The first-order valence-electron chi connectivity index (χ1n) is 2.55. The van der Waals surface area contributed by atoms with Crippen LogP contribution in [0.2, 0.25) is 0 Å². The van der Waals surface area contributed by atoms with E-state index < -0.39 is 0 Å². The van der Waals surface area contributed by atoms with Crippen LogP contribution in [0, 0.1) is 18.3 Å². The second-order valence-corrected chi connectivity index (χ2v) is 1.71. The molecule has 1 heteroatoms. The normalized spacial score (nSPS) is 12.7. The van der Waals surface area contributed by atoms with Crippen molar-refractivity contribution in [1.29, 1.82) is 0 Å². The van der Waals surface area contributed by atoms with Gasteiger partial charge in [0.25, 0.3) is 0 Å². The van der Waals surface area contributed by atoms with E-state index in [9.17, 15) is 0 Å². The number of nitrogens with two attached hydrogens (primary N) is 1. The molecule has 0 spiro atoms. The third kappa shape index (κ3) is 3.35. The highest BCUT2D eigenvalue weighted by molar-refractivity contribution is 4.89. The molecule has 1 nitrogen and oxygen atoms in total. The van der Waals surface area contributed by atoms with Crippen molar-refractivity contribution in [3.63, 3.8) is 0 Å². The molecule has 0 aromatic rings. The molecule has 7 heavy (non-hydrogen) atoms. The minimum absolute atomic E-state index is 0.421. The molecule has 0 aromatic carbocycles. The molecule has 0 heterocycles. The zero-order valence-electron chi connectivity index (χ0n) is 4.94. The van der Waals surface area contributed by atoms with Gasteiger partial charge in [0.1, 0.15) is 0 Å². The zero-order valence-corrected chi connectivity index (χ0v) is 4.94. The van der Waals surface area contributed by atoms with Gasteiger partial charge in [-0.05, 0) is 6.92 Å². The van der Waals surface area contributed by atoms with Gasteiger partial charge in [-0.25, -0.2) is 0 Å². The van der Waals surface area contributed by atoms with Crippen molar-refractivity contribution in [2.24, 2.45) is 5.92 Å². The Hall–Kier alpha value is -0.480. The predicted molar refractivity (Wildman–Crippen MR) is 30.7 cm³/mol. The van der Waals surface area contributed by atoms with Crippen molar-refractivity contribution in [3.05, 3.63) is 0 Å². The Morgan fingerprint density at radius 2 is 2.43 bits per heavy atom. The molecule has 1 unspecified atom stereocenters. The molecular weight excluding hydrogens is 86.1 g/mol. The van der Waals surface area contributed by atoms with E-state index in [1.807, 2.05) is 14.0 Å². The van der Waals surface area contributed by atoms with Crippen molar-refractivity contribution in [1.82, 2.24) is 0 Å². The summed E-state index contributed by atoms with van der Waals surface area (Å²) in [5, 5.41) is 2.09. The minimum atomic E-state index is 0.421. The first-order valence-corrected chi connectivity index (χ1v) is 2.55. The smallest absolute Gasteiger partial charge is 0.0890 e. The van der Waals surface area contributed by atoms with Crippen LogP contribution in [-0.4, -0.2) is 13.6 Å². The lowest BCUT2D eigenvalue weighted by atomic mass is 10.2. The second-order valence-electron chi connectivity index (χ2n) is 1.71. The standard InChI is InChI=1S/C6H11N/c1-4-6(2)5-7-3/h1,6-7H,5H2,2-3H3/p+1. The van der Waals surface area contributed by atoms with E-state index in [4.69, 9.17) is 6.42 Å². The molecule has 0 bridgehead atoms. The van der Waals surface area contributed by atoms with Crippen molar-refractivity contribution >= 4 is 0 Å². The highest BCUT2D eigenvalue weighted by Gasteiger charge is 1.92. The molecule has 0 aliphatic heterocycles. The maximum Gasteiger partial charge on any atom is 0.0890 e. The van der Waals surface area contributed by atoms with Gasteiger partial charge in [0.15, 0.2) is 0 Å². The van der Waals surface area contributed by atoms with Gasteiger partial charge in [-0.2, -0.15) is 0 Å². The van der Waals surface area contributed by atoms with Crippen molar-refractivity contribution in [2.45, 2.75) is 6.92 Å². The van der Waals surface area contributed by atoms with Gasteiger partial charge in [-0.15, -0.1) is 6.42 Å². The van der Waals surface area contributed by atoms with Gasteiger partial charge < -0.3 is 5.32 Å². The van der Waals surface area contributed by atoms with Crippen LogP contribution >= 0.6 is 0 Å². The Labute approximate surface area is 45.1 Å². The highest BCUT2D eigenvalue weighted by atomic mass is 14.8. The van der Waals surface area contributed by atoms with Gasteiger partial charge in [0.05, 0.1) is 19.5 Å². The summed E-state index contributed by atoms with van der Waals surface area (Å²) in [4.78, 5) is 0. The summed E-state index contributed by atoms with van der Waals surface area (Å²) in [6.45, 7) is 3.08. The van der Waals surface area contributed by atoms with Crippen LogP contribution in [0.4, 0.5) is 0 Å². The molecule has 0 saturated carbocycles. The van der Waals surface area contributed by atoms with E-state index in [0.717, 1.165) is 6.54 Å². The summed E-state index contributed by atoms with van der Waals surface area (Å²) >= 11 is 0. The number of rotatable bonds is 2. The average molecular weight is 98.2 g/mol. The number of terminal acetylenes is 1. The number of hydrogen-bond donors (Lipinski definition) is 1. The van der Waals surface area contributed by atoms with Gasteiger partial charge in [-0.3, -0.25) is 0 Å². The van der Waals surface area contributed by atoms with Gasteiger partial charge in [0, 0.05) is 0 Å². The van der Waals surface area contributed by atoms with Gasteiger partial charge >= 0.3 is 0 Å². The Bertz CT molecular complexity index is 70.7. The van der Waals surface area contributed by atoms with Crippen LogP contribution in [0.15, 0.2) is 0 Å². The van der Waals surface area contributed by atoms with Crippen LogP contribution in [0.5, 0.6) is 0 Å². The lowest BCUT2D eigenvalue weighted by Crippen LogP contribution is -2.80. The maximum absolute atomic E-state index is 5.09. The van der Waals surface area contributed by atoms with E-state index in [0.29, 0.717) is 5.92 Å². The minimum Gasteiger partial charge on any atom is -0.348 e. The molecule has 40 valence electrons. The van der Waals surface area contributed by atoms with E-state index >= 15 is 0 Å². The molecular formula is C6H12N+. The molecule has 0 saturated heterocycles. The van der Waals surface area contributed by atoms with E-state index in [-0.39, 0.29) is 0 Å². The predicted octanol–water partition coefficient (Wildman–Crippen LogP) is -0.551. The topological polar surface area (TPSA) is 16.6 Å². The van der Waals surface area contributed by atoms with Crippen molar-refractivity contribution in [3.8, 4) is 12.3 Å². The van der Waals surface area contributed by atoms with Crippen LogP contribution in [0.25, 0.3) is 0 Å². The summed E-state index contributed by atoms with van der Waals surface area (Å²) in [6, 6.07) is 0. The fourth-order valence-electron chi connectivity index (χ4n) is 0.422. The zero-order chi connectivity index (χ0) is 5.70. The van der Waals surface area contributed by atoms with E-state index in [1.165, 1.54) is 0 Å². The SMILES string of the molecule is C#CC(C)C[NH2+]C. The third-order valence-corrected chi connectivity index (χ3v) is 0.874. The second kappa shape index (κ2) is 3.70. The maximum atomic E-state index is 5.09. The van der Waals surface area contributed by atoms with Crippen molar-refractivity contribution < 1.29 is 5.32 Å². The summed E-state index contributed by atoms with van der Waals surface area (Å²) < 4.78 is 0. The Kier molecular flexibility index (Phi) is 3.45. The quantitative estimate of drug-likeness (QED) is 0.446. The Morgan fingerprint density at radius 3 is 2.57 bits per heavy atom. The summed E-state index contributed by atoms with van der Waals surface area (Å²) in [6.07, 6.45) is 5.09. The van der Waals surface area contributed by atoms with Gasteiger partial charge in [0.2, 0.25) is 0 Å². The fourth-order valence-corrected chi connectivity index (χ4v) is 0.422. The lowest BCUT2D eigenvalue weighted by Gasteiger charge is -1.95. The molecule has 0 aliphatic carbocycles. The van der Waals surface area contributed by atoms with Crippen molar-refractivity contribution in [2.75, 3.05) is 13.6 Å². The summed E-state index contributed by atoms with van der Waals surface area (Å²) in [5.41, 5.74) is 0. The van der Waals surface area contributed by atoms with Crippen LogP contribution < -0.4 is 5.32 Å². The largest absolute Gasteiger partial charge is 0.348 e. The van der Waals surface area contributed by atoms with Crippen LogP contribution in [0.1, 0.15) is 6.92 Å². The highest BCUT2D eigenvalue weighted by Crippen LogP contribution is 1.81. The monoisotopic (exact) mass is 98.1 g/mol. The summed E-state index contributed by atoms with van der Waals surface area (Å²) in [5.74, 6) is 3.06. The average Bonchev–Trinajstić information content (AvgIpc) is 1.68. The van der Waals surface area contributed by atoms with E-state index in [2.05, 4.69) is 11.2 Å². The number of hydrogen-bond acceptors (Lipinski definition) is 0. The molecule has 0 aromatic heterocycles. The first-order chi connectivity index (χ1) is 3.31. The first kappa shape index (κ1) is 6.52. The summed E-state index contributed by atoms with van der Waals surface area (Å²) in [7, 11) is 2.02. The van der Waals surface area contributed by atoms with Crippen LogP contribution in [-0.2, 0) is 0 Å². The van der Waals surface area contributed by atoms with Crippen LogP contribution in [0.3, 0.4) is 0 Å². The molecule has 1 atom stereocenters. The molecule has 0 rings (SSSR count). The Balaban J connectivity index is 3.04.